The highest BCUT2D eigenvalue weighted by atomic mass is 127. The maximum absolute atomic E-state index is 13.3. The molecule has 0 atom stereocenters. The van der Waals surface area contributed by atoms with Crippen molar-refractivity contribution in [1.82, 2.24) is 0 Å². The first-order valence-corrected chi connectivity index (χ1v) is 17.0. The molecule has 0 saturated carbocycles. The zero-order valence-corrected chi connectivity index (χ0v) is 30.5. The van der Waals surface area contributed by atoms with Crippen LogP contribution in [0, 0.1) is 69.4 Å². The highest BCUT2D eigenvalue weighted by Crippen LogP contribution is 2.18. The van der Waals surface area contributed by atoms with E-state index in [1.807, 2.05) is 6.07 Å². The molecule has 3 aromatic carbocycles. The van der Waals surface area contributed by atoms with Gasteiger partial charge in [-0.1, -0.05) is 51.4 Å². The first-order chi connectivity index (χ1) is 20.7. The van der Waals surface area contributed by atoms with E-state index < -0.39 is 0 Å². The second-order valence-corrected chi connectivity index (χ2v) is 12.8. The average Bonchev–Trinajstić information content (AvgIpc) is 2.98. The van der Waals surface area contributed by atoms with E-state index in [1.54, 1.807) is 30.3 Å². The number of unbranched alkanes of at least 4 members (excludes halogenated alkanes) is 8. The molecule has 0 aromatic heterocycles. The van der Waals surface area contributed by atoms with E-state index in [1.165, 1.54) is 24.6 Å². The van der Waals surface area contributed by atoms with Gasteiger partial charge < -0.3 is 0 Å². The monoisotopic (exact) mass is 916 g/mol. The van der Waals surface area contributed by atoms with E-state index >= 15 is 0 Å². The zero-order chi connectivity index (χ0) is 31.9. The van der Waals surface area contributed by atoms with Crippen LogP contribution in [0.3, 0.4) is 0 Å². The molecule has 0 fully saturated rings. The number of halogens is 7. The van der Waals surface area contributed by atoms with Gasteiger partial charge in [-0.25, -0.2) is 13.2 Å². The minimum absolute atomic E-state index is 0. The molecule has 0 spiro atoms. The van der Waals surface area contributed by atoms with Gasteiger partial charge in [-0.3, -0.25) is 0 Å². The van der Waals surface area contributed by atoms with Crippen LogP contribution in [0.5, 0.6) is 0 Å². The predicted molar refractivity (Wildman–Crippen MR) is 206 cm³/mol. The molecule has 0 aliphatic carbocycles. The lowest BCUT2D eigenvalue weighted by atomic mass is 10.1. The Hall–Kier alpha value is -2.14. The fourth-order valence-corrected chi connectivity index (χ4v) is 4.37. The summed E-state index contributed by atoms with van der Waals surface area (Å²) in [5.74, 6) is 16.4. The highest BCUT2D eigenvalue weighted by Gasteiger charge is 1.99. The van der Waals surface area contributed by atoms with Gasteiger partial charge in [-0.15, -0.1) is 24.7 Å². The van der Waals surface area contributed by atoms with E-state index in [2.05, 4.69) is 106 Å². The molecule has 0 nitrogen and oxygen atoms in total. The van der Waals surface area contributed by atoms with Crippen LogP contribution in [-0.2, 0) is 0 Å². The van der Waals surface area contributed by atoms with Crippen LogP contribution >= 0.6 is 70.4 Å². The normalized spacial score (nSPS) is 8.91. The van der Waals surface area contributed by atoms with Gasteiger partial charge in [-0.2, -0.15) is 0 Å². The summed E-state index contributed by atoms with van der Waals surface area (Å²) in [5, 5.41) is 0. The Kier molecular flexibility index (Phi) is 28.1. The molecule has 3 aromatic rings. The van der Waals surface area contributed by atoms with E-state index in [0.29, 0.717) is 24.5 Å². The lowest BCUT2D eigenvalue weighted by molar-refractivity contribution is 0.620. The minimum atomic E-state index is -0.295. The number of rotatable bonds is 8. The van der Waals surface area contributed by atoms with Crippen molar-refractivity contribution in [2.24, 2.45) is 0 Å². The maximum Gasteiger partial charge on any atom is 0.138 e. The lowest BCUT2D eigenvalue weighted by Crippen LogP contribution is -1.81. The van der Waals surface area contributed by atoms with Crippen molar-refractivity contribution in [2.45, 2.75) is 79.1 Å². The molecule has 0 aliphatic heterocycles. The molecule has 7 heteroatoms. The molecule has 0 radical (unpaired) electrons. The molecule has 0 N–H and O–H groups in total. The summed E-state index contributed by atoms with van der Waals surface area (Å²) >= 11 is 11.4. The van der Waals surface area contributed by atoms with E-state index in [0.717, 1.165) is 61.4 Å². The summed E-state index contributed by atoms with van der Waals surface area (Å²) in [4.78, 5) is 0. The van der Waals surface area contributed by atoms with Crippen LogP contribution in [0.1, 0.15) is 90.2 Å². The van der Waals surface area contributed by atoms with Crippen molar-refractivity contribution in [3.63, 3.8) is 0 Å². The Bertz CT molecular complexity index is 1410. The van der Waals surface area contributed by atoms with Crippen molar-refractivity contribution in [3.05, 3.63) is 100 Å². The SMILES string of the molecule is C.C.C#CCCCCCC#C.Fc1cc(C#CCCCCCC#Cc2ccc(Br)c(F)c2)ccc1Br.Fc1cc(I)ccc1Br. The Labute approximate surface area is 308 Å². The van der Waals surface area contributed by atoms with Crippen LogP contribution in [0.15, 0.2) is 68.0 Å². The lowest BCUT2D eigenvalue weighted by Gasteiger charge is -1.95. The third-order valence-electron chi connectivity index (χ3n) is 5.43. The number of hydrogen-bond acceptors (Lipinski definition) is 0. The Morgan fingerprint density at radius 1 is 0.533 bits per heavy atom. The van der Waals surface area contributed by atoms with Crippen LogP contribution in [0.25, 0.3) is 0 Å². The first-order valence-electron chi connectivity index (χ1n) is 13.5. The topological polar surface area (TPSA) is 0 Å². The van der Waals surface area contributed by atoms with E-state index in [4.69, 9.17) is 12.8 Å². The molecule has 0 saturated heterocycles. The molecule has 0 heterocycles. The number of terminal acetylenes is 2. The molecule has 0 bridgehead atoms. The molecular formula is C38H39Br3F3I. The standard InChI is InChI=1S/C21H16Br2F2.C9H12.C6H3BrFI.2CH4/c22-18-12-10-16(14-20(18)24)8-6-4-2-1-3-5-7-9-17-11-13-19(23)21(25)15-17;1-3-5-7-9-8-6-4-2;7-5-2-1-4(9)3-6(5)8;;/h10-15H,1-5H2;1-2H,5-9H2;1-3H;2*1H4. The van der Waals surface area contributed by atoms with E-state index in [9.17, 15) is 13.2 Å². The summed E-state index contributed by atoms with van der Waals surface area (Å²) in [7, 11) is 0. The number of hydrogen-bond donors (Lipinski definition) is 0. The summed E-state index contributed by atoms with van der Waals surface area (Å²) in [6.45, 7) is 0. The third-order valence-corrected chi connectivity index (χ3v) is 8.03. The fourth-order valence-electron chi connectivity index (χ4n) is 3.18. The van der Waals surface area contributed by atoms with Crippen molar-refractivity contribution in [1.29, 1.82) is 0 Å². The van der Waals surface area contributed by atoms with Gasteiger partial charge in [0.1, 0.15) is 17.5 Å². The van der Waals surface area contributed by atoms with Crippen LogP contribution in [-0.4, -0.2) is 0 Å². The molecule has 0 amide bonds. The van der Waals surface area contributed by atoms with E-state index in [-0.39, 0.29) is 32.3 Å². The van der Waals surface area contributed by atoms with Crippen molar-refractivity contribution in [2.75, 3.05) is 0 Å². The zero-order valence-electron chi connectivity index (χ0n) is 23.6. The van der Waals surface area contributed by atoms with Gasteiger partial charge in [0.05, 0.1) is 13.4 Å². The maximum atomic E-state index is 13.3. The van der Waals surface area contributed by atoms with Crippen LogP contribution < -0.4 is 0 Å². The predicted octanol–water partition coefficient (Wildman–Crippen LogP) is 13.5. The second kappa shape index (κ2) is 28.1. The minimum Gasteiger partial charge on any atom is -0.206 e. The summed E-state index contributed by atoms with van der Waals surface area (Å²) in [5.41, 5.74) is 1.38. The molecule has 3 rings (SSSR count). The average molecular weight is 919 g/mol. The molecule has 0 unspecified atom stereocenters. The summed E-state index contributed by atoms with van der Waals surface area (Å²) < 4.78 is 41.5. The van der Waals surface area contributed by atoms with Crippen molar-refractivity contribution < 1.29 is 13.2 Å². The van der Waals surface area contributed by atoms with Gasteiger partial charge in [0.15, 0.2) is 0 Å². The summed E-state index contributed by atoms with van der Waals surface area (Å²) in [6.07, 6.45) is 19.9. The van der Waals surface area contributed by atoms with Crippen LogP contribution in [0.4, 0.5) is 13.2 Å². The molecule has 45 heavy (non-hydrogen) atoms. The fraction of sp³-hybridized carbons (Fsp3) is 0.316. The Balaban J connectivity index is 0. The Morgan fingerprint density at radius 2 is 0.889 bits per heavy atom. The van der Waals surface area contributed by atoms with Gasteiger partial charge in [-0.05, 0) is 151 Å². The molecule has 240 valence electrons. The smallest absolute Gasteiger partial charge is 0.138 e. The largest absolute Gasteiger partial charge is 0.206 e. The first kappa shape index (κ1) is 45.0. The van der Waals surface area contributed by atoms with Gasteiger partial charge in [0, 0.05) is 40.4 Å². The van der Waals surface area contributed by atoms with Crippen molar-refractivity contribution >= 4 is 70.4 Å². The quantitative estimate of drug-likeness (QED) is 0.0914. The van der Waals surface area contributed by atoms with Crippen LogP contribution in [0.2, 0.25) is 0 Å². The van der Waals surface area contributed by atoms with Gasteiger partial charge in [0.25, 0.3) is 0 Å². The van der Waals surface area contributed by atoms with Gasteiger partial charge >= 0.3 is 0 Å². The molecule has 0 aliphatic rings. The molecular weight excluding hydrogens is 880 g/mol. The summed E-state index contributed by atoms with van der Waals surface area (Å²) in [6, 6.07) is 14.8. The number of benzene rings is 3. The third kappa shape index (κ3) is 22.1. The Morgan fingerprint density at radius 3 is 1.22 bits per heavy atom. The highest BCUT2D eigenvalue weighted by molar-refractivity contribution is 14.1. The second-order valence-electron chi connectivity index (χ2n) is 8.95. The van der Waals surface area contributed by atoms with Crippen molar-refractivity contribution in [3.8, 4) is 48.4 Å². The van der Waals surface area contributed by atoms with Gasteiger partial charge in [0.2, 0.25) is 0 Å².